The van der Waals surface area contributed by atoms with Gasteiger partial charge in [-0.2, -0.15) is 0 Å². The van der Waals surface area contributed by atoms with Gasteiger partial charge in [-0.15, -0.1) is 0 Å². The average Bonchev–Trinajstić information content (AvgIpc) is 2.64. The number of carbonyl (C=O) groups is 1. The Morgan fingerprint density at radius 3 is 2.68 bits per heavy atom. The highest BCUT2D eigenvalue weighted by molar-refractivity contribution is 5.79. The van der Waals surface area contributed by atoms with Crippen LogP contribution in [0.4, 0.5) is 0 Å². The Morgan fingerprint density at radius 2 is 1.96 bits per heavy atom. The van der Waals surface area contributed by atoms with Crippen molar-refractivity contribution in [1.29, 1.82) is 0 Å². The molecule has 0 spiro atoms. The van der Waals surface area contributed by atoms with Crippen LogP contribution in [0, 0.1) is 0 Å². The van der Waals surface area contributed by atoms with E-state index >= 15 is 0 Å². The Morgan fingerprint density at radius 1 is 1.24 bits per heavy atom. The molecule has 7 nitrogen and oxygen atoms in total. The quantitative estimate of drug-likeness (QED) is 0.845. The standard InChI is InChI=1S/C18H24N4O3/c1-2-14(23)11-20-7-9-21(10-8-20)17(24)12-22-13-19-16-6-4-3-5-15(16)18(22)25/h3-6,13-14,23H,2,7-12H2,1H3. The minimum absolute atomic E-state index is 0.00819. The Hall–Kier alpha value is -2.25. The Kier molecular flexibility index (Phi) is 5.45. The normalized spacial score (nSPS) is 17.0. The number of piperazine rings is 1. The zero-order valence-corrected chi connectivity index (χ0v) is 14.5. The lowest BCUT2D eigenvalue weighted by atomic mass is 10.2. The highest BCUT2D eigenvalue weighted by Gasteiger charge is 2.22. The zero-order valence-electron chi connectivity index (χ0n) is 14.5. The van der Waals surface area contributed by atoms with Crippen LogP contribution in [0.15, 0.2) is 35.4 Å². The lowest BCUT2D eigenvalue weighted by Crippen LogP contribution is -2.51. The fraction of sp³-hybridized carbons (Fsp3) is 0.500. The molecule has 7 heteroatoms. The molecule has 1 saturated heterocycles. The number of aliphatic hydroxyl groups excluding tert-OH is 1. The first kappa shape index (κ1) is 17.6. The Bertz CT molecular complexity index is 796. The van der Waals surface area contributed by atoms with Crippen molar-refractivity contribution in [2.24, 2.45) is 0 Å². The average molecular weight is 344 g/mol. The summed E-state index contributed by atoms with van der Waals surface area (Å²) in [7, 11) is 0. The van der Waals surface area contributed by atoms with E-state index in [0.29, 0.717) is 30.5 Å². The maximum Gasteiger partial charge on any atom is 0.261 e. The summed E-state index contributed by atoms with van der Waals surface area (Å²) in [6.45, 7) is 5.33. The predicted molar refractivity (Wildman–Crippen MR) is 95.3 cm³/mol. The third-order valence-electron chi connectivity index (χ3n) is 4.70. The molecule has 2 heterocycles. The van der Waals surface area contributed by atoms with Gasteiger partial charge >= 0.3 is 0 Å². The summed E-state index contributed by atoms with van der Waals surface area (Å²) >= 11 is 0. The van der Waals surface area contributed by atoms with Crippen LogP contribution in [0.5, 0.6) is 0 Å². The minimum Gasteiger partial charge on any atom is -0.392 e. The van der Waals surface area contributed by atoms with E-state index in [-0.39, 0.29) is 24.1 Å². The number of carbonyl (C=O) groups excluding carboxylic acids is 1. The first-order chi connectivity index (χ1) is 12.1. The topological polar surface area (TPSA) is 78.7 Å². The molecule has 1 aliphatic heterocycles. The predicted octanol–water partition coefficient (Wildman–Crippen LogP) is 0.312. The van der Waals surface area contributed by atoms with Gasteiger partial charge in [0.15, 0.2) is 0 Å². The minimum atomic E-state index is -0.315. The summed E-state index contributed by atoms with van der Waals surface area (Å²) in [5.41, 5.74) is 0.447. The van der Waals surface area contributed by atoms with Crippen LogP contribution in [0.3, 0.4) is 0 Å². The number of fused-ring (bicyclic) bond motifs is 1. The number of para-hydroxylation sites is 1. The molecule has 134 valence electrons. The maximum atomic E-state index is 12.5. The van der Waals surface area contributed by atoms with E-state index in [1.807, 2.05) is 13.0 Å². The molecule has 3 rings (SSSR count). The van der Waals surface area contributed by atoms with Gasteiger partial charge in [-0.1, -0.05) is 19.1 Å². The van der Waals surface area contributed by atoms with Crippen molar-refractivity contribution < 1.29 is 9.90 Å². The molecular weight excluding hydrogens is 320 g/mol. The van der Waals surface area contributed by atoms with Gasteiger partial charge in [0.1, 0.15) is 6.54 Å². The molecule has 1 aliphatic rings. The van der Waals surface area contributed by atoms with E-state index in [1.54, 1.807) is 23.1 Å². The summed E-state index contributed by atoms with van der Waals surface area (Å²) in [5, 5.41) is 10.3. The van der Waals surface area contributed by atoms with Crippen LogP contribution >= 0.6 is 0 Å². The van der Waals surface area contributed by atoms with Crippen LogP contribution in [0.2, 0.25) is 0 Å². The molecule has 25 heavy (non-hydrogen) atoms. The highest BCUT2D eigenvalue weighted by atomic mass is 16.3. The second-order valence-corrected chi connectivity index (χ2v) is 6.44. The molecular formula is C18H24N4O3. The number of nitrogens with zero attached hydrogens (tertiary/aromatic N) is 4. The SMILES string of the molecule is CCC(O)CN1CCN(C(=O)Cn2cnc3ccccc3c2=O)CC1. The van der Waals surface area contributed by atoms with Crippen LogP contribution < -0.4 is 5.56 Å². The number of hydrogen-bond acceptors (Lipinski definition) is 5. The summed E-state index contributed by atoms with van der Waals surface area (Å²) in [6.07, 6.45) is 1.86. The van der Waals surface area contributed by atoms with E-state index < -0.39 is 0 Å². The fourth-order valence-corrected chi connectivity index (χ4v) is 3.07. The summed E-state index contributed by atoms with van der Waals surface area (Å²) in [6, 6.07) is 7.14. The van der Waals surface area contributed by atoms with Gasteiger partial charge in [0.05, 0.1) is 23.3 Å². The number of aromatic nitrogens is 2. The number of amides is 1. The largest absolute Gasteiger partial charge is 0.392 e. The van der Waals surface area contributed by atoms with Crippen LogP contribution in [-0.4, -0.2) is 69.2 Å². The highest BCUT2D eigenvalue weighted by Crippen LogP contribution is 2.07. The molecule has 0 aliphatic carbocycles. The molecule has 1 amide bonds. The molecule has 1 fully saturated rings. The van der Waals surface area contributed by atoms with Crippen molar-refractivity contribution in [1.82, 2.24) is 19.4 Å². The van der Waals surface area contributed by atoms with E-state index in [4.69, 9.17) is 0 Å². The van der Waals surface area contributed by atoms with Gasteiger partial charge < -0.3 is 10.0 Å². The first-order valence-corrected chi connectivity index (χ1v) is 8.71. The zero-order chi connectivity index (χ0) is 17.8. The van der Waals surface area contributed by atoms with Gasteiger partial charge in [-0.25, -0.2) is 4.98 Å². The van der Waals surface area contributed by atoms with Gasteiger partial charge in [0.25, 0.3) is 5.56 Å². The van der Waals surface area contributed by atoms with E-state index in [9.17, 15) is 14.7 Å². The van der Waals surface area contributed by atoms with E-state index in [1.165, 1.54) is 10.9 Å². The van der Waals surface area contributed by atoms with Crippen LogP contribution in [0.25, 0.3) is 10.9 Å². The van der Waals surface area contributed by atoms with Gasteiger partial charge in [0.2, 0.25) is 5.91 Å². The second-order valence-electron chi connectivity index (χ2n) is 6.44. The number of aliphatic hydroxyl groups is 1. The van der Waals surface area contributed by atoms with Gasteiger partial charge in [0, 0.05) is 32.7 Å². The third-order valence-corrected chi connectivity index (χ3v) is 4.70. The molecule has 0 saturated carbocycles. The molecule has 1 aromatic carbocycles. The van der Waals surface area contributed by atoms with Crippen molar-refractivity contribution in [3.05, 3.63) is 40.9 Å². The Labute approximate surface area is 146 Å². The molecule has 1 atom stereocenters. The van der Waals surface area contributed by atoms with Crippen molar-refractivity contribution in [2.45, 2.75) is 26.0 Å². The van der Waals surface area contributed by atoms with Gasteiger partial charge in [-0.05, 0) is 18.6 Å². The monoisotopic (exact) mass is 344 g/mol. The number of benzene rings is 1. The lowest BCUT2D eigenvalue weighted by Gasteiger charge is -2.35. The first-order valence-electron chi connectivity index (χ1n) is 8.71. The molecule has 1 unspecified atom stereocenters. The summed E-state index contributed by atoms with van der Waals surface area (Å²) in [5.74, 6) is -0.0742. The van der Waals surface area contributed by atoms with Crippen LogP contribution in [-0.2, 0) is 11.3 Å². The van der Waals surface area contributed by atoms with Crippen molar-refractivity contribution in [3.8, 4) is 0 Å². The number of hydrogen-bond donors (Lipinski definition) is 1. The second kappa shape index (κ2) is 7.76. The fourth-order valence-electron chi connectivity index (χ4n) is 3.07. The van der Waals surface area contributed by atoms with Crippen LogP contribution in [0.1, 0.15) is 13.3 Å². The molecule has 0 bridgehead atoms. The third kappa shape index (κ3) is 4.05. The van der Waals surface area contributed by atoms with E-state index in [2.05, 4.69) is 9.88 Å². The number of rotatable bonds is 5. The van der Waals surface area contributed by atoms with Crippen molar-refractivity contribution >= 4 is 16.8 Å². The lowest BCUT2D eigenvalue weighted by molar-refractivity contribution is -0.133. The van der Waals surface area contributed by atoms with Gasteiger partial charge in [-0.3, -0.25) is 19.1 Å². The number of β-amino-alcohol motifs (C(OH)–C–C–N with tert-alkyl or cyclic N) is 1. The summed E-state index contributed by atoms with van der Waals surface area (Å²) in [4.78, 5) is 33.2. The molecule has 2 aromatic rings. The van der Waals surface area contributed by atoms with E-state index in [0.717, 1.165) is 19.5 Å². The van der Waals surface area contributed by atoms with Crippen molar-refractivity contribution in [3.63, 3.8) is 0 Å². The maximum absolute atomic E-state index is 12.5. The Balaban J connectivity index is 1.62. The summed E-state index contributed by atoms with van der Waals surface area (Å²) < 4.78 is 1.37. The molecule has 1 aromatic heterocycles. The van der Waals surface area contributed by atoms with Crippen molar-refractivity contribution in [2.75, 3.05) is 32.7 Å². The smallest absolute Gasteiger partial charge is 0.261 e. The molecule has 0 radical (unpaired) electrons. The molecule has 1 N–H and O–H groups in total.